The van der Waals surface area contributed by atoms with Crippen molar-refractivity contribution in [2.75, 3.05) is 6.61 Å². The Bertz CT molecular complexity index is 699. The highest BCUT2D eigenvalue weighted by Gasteiger charge is 2.68. The molecule has 2 aliphatic carbocycles. The number of hydrogen-bond donors (Lipinski definition) is 1. The first kappa shape index (κ1) is 17.0. The Morgan fingerprint density at radius 3 is 2.60 bits per heavy atom. The average Bonchev–Trinajstić information content (AvgIpc) is 3.01. The SMILES string of the molecule is CC(=O)N[C@H]1C(C)(C)[C@@H]2C[C@@H]3[C@@H](c4c(F)cccc4F)OCC[C@@]31C2. The van der Waals surface area contributed by atoms with E-state index in [4.69, 9.17) is 4.74 Å². The molecule has 1 heterocycles. The van der Waals surface area contributed by atoms with Gasteiger partial charge >= 0.3 is 0 Å². The van der Waals surface area contributed by atoms with Crippen molar-refractivity contribution in [3.05, 3.63) is 35.4 Å². The van der Waals surface area contributed by atoms with Crippen molar-refractivity contribution in [2.45, 2.75) is 52.2 Å². The molecule has 0 unspecified atom stereocenters. The third kappa shape index (κ3) is 2.28. The maximum Gasteiger partial charge on any atom is 0.217 e. The fourth-order valence-electron chi connectivity index (χ4n) is 6.06. The van der Waals surface area contributed by atoms with Crippen LogP contribution in [0.1, 0.15) is 51.7 Å². The first-order chi connectivity index (χ1) is 11.8. The summed E-state index contributed by atoms with van der Waals surface area (Å²) in [6.07, 6.45) is 2.13. The van der Waals surface area contributed by atoms with Crippen molar-refractivity contribution in [3.8, 4) is 0 Å². The Labute approximate surface area is 147 Å². The van der Waals surface area contributed by atoms with Crippen LogP contribution in [0.15, 0.2) is 18.2 Å². The van der Waals surface area contributed by atoms with Crippen LogP contribution >= 0.6 is 0 Å². The molecule has 5 heteroatoms. The second-order valence-electron chi connectivity index (χ2n) is 8.61. The lowest BCUT2D eigenvalue weighted by Crippen LogP contribution is -2.58. The molecule has 3 fully saturated rings. The van der Waals surface area contributed by atoms with Crippen molar-refractivity contribution < 1.29 is 18.3 Å². The molecule has 25 heavy (non-hydrogen) atoms. The predicted molar refractivity (Wildman–Crippen MR) is 89.7 cm³/mol. The van der Waals surface area contributed by atoms with Crippen molar-refractivity contribution in [3.63, 3.8) is 0 Å². The van der Waals surface area contributed by atoms with Crippen molar-refractivity contribution in [1.29, 1.82) is 0 Å². The summed E-state index contributed by atoms with van der Waals surface area (Å²) in [7, 11) is 0. The second kappa shape index (κ2) is 5.50. The van der Waals surface area contributed by atoms with Gasteiger partial charge in [-0.25, -0.2) is 8.78 Å². The summed E-state index contributed by atoms with van der Waals surface area (Å²) in [5.74, 6) is -0.671. The number of hydrogen-bond acceptors (Lipinski definition) is 2. The summed E-state index contributed by atoms with van der Waals surface area (Å²) < 4.78 is 34.7. The third-order valence-electron chi connectivity index (χ3n) is 7.14. The van der Waals surface area contributed by atoms with Gasteiger partial charge in [-0.15, -0.1) is 0 Å². The summed E-state index contributed by atoms with van der Waals surface area (Å²) in [6, 6.07) is 4.00. The molecule has 1 aliphatic heterocycles. The zero-order valence-corrected chi connectivity index (χ0v) is 14.9. The van der Waals surface area contributed by atoms with Gasteiger partial charge in [-0.2, -0.15) is 0 Å². The van der Waals surface area contributed by atoms with E-state index >= 15 is 0 Å². The normalized spacial score (nSPS) is 38.4. The molecule has 1 saturated heterocycles. The van der Waals surface area contributed by atoms with Crippen LogP contribution in [0.4, 0.5) is 8.78 Å². The largest absolute Gasteiger partial charge is 0.373 e. The molecule has 136 valence electrons. The molecule has 0 radical (unpaired) electrons. The molecular weight excluding hydrogens is 324 g/mol. The molecule has 1 aromatic carbocycles. The number of carbonyl (C=O) groups excluding carboxylic acids is 1. The number of halogens is 2. The Morgan fingerprint density at radius 2 is 1.96 bits per heavy atom. The number of amides is 1. The van der Waals surface area contributed by atoms with E-state index in [-0.39, 0.29) is 34.3 Å². The third-order valence-corrected chi connectivity index (χ3v) is 7.14. The molecule has 5 atom stereocenters. The van der Waals surface area contributed by atoms with Gasteiger partial charge in [0.15, 0.2) is 0 Å². The molecule has 1 N–H and O–H groups in total. The van der Waals surface area contributed by atoms with E-state index in [9.17, 15) is 13.6 Å². The van der Waals surface area contributed by atoms with Crippen LogP contribution in [0.25, 0.3) is 0 Å². The number of ether oxygens (including phenoxy) is 1. The number of benzene rings is 1. The zero-order chi connectivity index (χ0) is 18.0. The molecule has 0 aromatic heterocycles. The zero-order valence-electron chi connectivity index (χ0n) is 14.9. The van der Waals surface area contributed by atoms with Gasteiger partial charge in [-0.1, -0.05) is 19.9 Å². The average molecular weight is 349 g/mol. The minimum atomic E-state index is -0.577. The molecule has 1 amide bonds. The molecule has 3 aliphatic rings. The lowest BCUT2D eigenvalue weighted by atomic mass is 9.58. The topological polar surface area (TPSA) is 38.3 Å². The molecule has 2 saturated carbocycles. The Balaban J connectivity index is 1.76. The number of carbonyl (C=O) groups is 1. The first-order valence-electron chi connectivity index (χ1n) is 9.10. The van der Waals surface area contributed by atoms with Gasteiger partial charge in [-0.05, 0) is 54.1 Å². The lowest BCUT2D eigenvalue weighted by Gasteiger charge is -2.53. The van der Waals surface area contributed by atoms with Crippen molar-refractivity contribution >= 4 is 5.91 Å². The van der Waals surface area contributed by atoms with Gasteiger partial charge in [0.05, 0.1) is 11.7 Å². The predicted octanol–water partition coefficient (Wildman–Crippen LogP) is 3.98. The highest BCUT2D eigenvalue weighted by molar-refractivity contribution is 5.73. The van der Waals surface area contributed by atoms with Crippen LogP contribution in [0.3, 0.4) is 0 Å². The van der Waals surface area contributed by atoms with Crippen molar-refractivity contribution in [1.82, 2.24) is 5.32 Å². The summed E-state index contributed by atoms with van der Waals surface area (Å²) in [5.41, 5.74) is -0.103. The molecule has 2 bridgehead atoms. The molecular formula is C20H25F2NO2. The van der Waals surface area contributed by atoms with Crippen LogP contribution in [-0.2, 0) is 9.53 Å². The minimum Gasteiger partial charge on any atom is -0.373 e. The number of nitrogens with one attached hydrogen (secondary N) is 1. The quantitative estimate of drug-likeness (QED) is 0.877. The van der Waals surface area contributed by atoms with Gasteiger partial charge in [0.2, 0.25) is 5.91 Å². The van der Waals surface area contributed by atoms with Gasteiger partial charge in [0.1, 0.15) is 11.6 Å². The highest BCUT2D eigenvalue weighted by Crippen LogP contribution is 2.70. The van der Waals surface area contributed by atoms with E-state index < -0.39 is 17.7 Å². The van der Waals surface area contributed by atoms with Gasteiger partial charge < -0.3 is 10.1 Å². The summed E-state index contributed by atoms with van der Waals surface area (Å²) in [6.45, 7) is 6.42. The van der Waals surface area contributed by atoms with Gasteiger partial charge in [0.25, 0.3) is 0 Å². The van der Waals surface area contributed by atoms with Crippen LogP contribution in [0, 0.1) is 34.3 Å². The smallest absolute Gasteiger partial charge is 0.217 e. The fourth-order valence-corrected chi connectivity index (χ4v) is 6.06. The van der Waals surface area contributed by atoms with Crippen LogP contribution in [-0.4, -0.2) is 18.6 Å². The lowest BCUT2D eigenvalue weighted by molar-refractivity contribution is -0.137. The van der Waals surface area contributed by atoms with Gasteiger partial charge in [-0.3, -0.25) is 4.79 Å². The van der Waals surface area contributed by atoms with E-state index in [1.54, 1.807) is 6.92 Å². The van der Waals surface area contributed by atoms with E-state index in [0.717, 1.165) is 19.3 Å². The molecule has 1 spiro atoms. The summed E-state index contributed by atoms with van der Waals surface area (Å²) in [5, 5.41) is 3.17. The van der Waals surface area contributed by atoms with E-state index in [1.807, 2.05) is 0 Å². The maximum atomic E-state index is 14.4. The van der Waals surface area contributed by atoms with Gasteiger partial charge in [0, 0.05) is 19.6 Å². The maximum absolute atomic E-state index is 14.4. The monoisotopic (exact) mass is 349 g/mol. The Hall–Kier alpha value is -1.49. The number of rotatable bonds is 2. The second-order valence-corrected chi connectivity index (χ2v) is 8.61. The first-order valence-corrected chi connectivity index (χ1v) is 9.10. The molecule has 1 aromatic rings. The van der Waals surface area contributed by atoms with Crippen LogP contribution < -0.4 is 5.32 Å². The molecule has 4 rings (SSSR count). The Morgan fingerprint density at radius 1 is 1.28 bits per heavy atom. The van der Waals surface area contributed by atoms with Crippen molar-refractivity contribution in [2.24, 2.45) is 22.7 Å². The summed E-state index contributed by atoms with van der Waals surface area (Å²) in [4.78, 5) is 11.8. The van der Waals surface area contributed by atoms with E-state index in [1.165, 1.54) is 18.2 Å². The molecule has 3 nitrogen and oxygen atoms in total. The number of fused-ring (bicyclic) bond motifs is 1. The Kier molecular flexibility index (Phi) is 3.73. The minimum absolute atomic E-state index is 0.0160. The standard InChI is InChI=1S/C20H25F2NO2/c1-11(24)23-18-19(2,3)12-9-13-17(25-8-7-20(13,18)10-12)16-14(21)5-4-6-15(16)22/h4-6,12-13,17-18H,7-10H2,1-3H3,(H,23,24)/t12-,13-,17+,18+,20-/m1/s1. The van der Waals surface area contributed by atoms with Crippen LogP contribution in [0.5, 0.6) is 0 Å². The van der Waals surface area contributed by atoms with E-state index in [0.29, 0.717) is 12.5 Å². The summed E-state index contributed by atoms with van der Waals surface area (Å²) >= 11 is 0. The fraction of sp³-hybridized carbons (Fsp3) is 0.650. The van der Waals surface area contributed by atoms with E-state index in [2.05, 4.69) is 19.2 Å². The highest BCUT2D eigenvalue weighted by atomic mass is 19.1. The van der Waals surface area contributed by atoms with Crippen LogP contribution in [0.2, 0.25) is 0 Å².